The Morgan fingerprint density at radius 3 is 2.50 bits per heavy atom. The van der Waals surface area contributed by atoms with Gasteiger partial charge in [0.15, 0.2) is 11.5 Å². The van der Waals surface area contributed by atoms with Gasteiger partial charge in [-0.1, -0.05) is 48.0 Å². The normalized spacial score (nSPS) is 13.8. The van der Waals surface area contributed by atoms with E-state index in [1.807, 2.05) is 56.3 Å². The van der Waals surface area contributed by atoms with E-state index in [1.165, 1.54) is 5.56 Å². The number of methoxy groups -OCH3 is 1. The van der Waals surface area contributed by atoms with Crippen LogP contribution in [0.2, 0.25) is 0 Å². The Morgan fingerprint density at radius 1 is 0.952 bits per heavy atom. The number of carbonyl (C=O) groups is 1. The molecule has 212 valence electrons. The number of benzene rings is 4. The quantitative estimate of drug-likeness (QED) is 0.184. The summed E-state index contributed by atoms with van der Waals surface area (Å²) in [6, 6.07) is 27.6. The van der Waals surface area contributed by atoms with Crippen LogP contribution in [0.25, 0.3) is 0 Å². The number of rotatable bonds is 9. The standard InChI is InChI=1S/C34H30N2O6/c1-4-39-25-7-5-6-24(16-25)34(37)41-26-13-14-27-30(18-26)42-33(36)28(19-35)32(27)23-12-15-29(31(17-23)38-3)40-20-22-10-8-21(2)9-11-22/h5-18,32H,4,20,36H2,1-3H3. The molecule has 1 unspecified atom stereocenters. The number of hydrogen-bond donors (Lipinski definition) is 1. The van der Waals surface area contributed by atoms with E-state index in [-0.39, 0.29) is 17.2 Å². The number of hydrogen-bond acceptors (Lipinski definition) is 8. The fraction of sp³-hybridized carbons (Fsp3) is 0.176. The van der Waals surface area contributed by atoms with E-state index in [9.17, 15) is 10.1 Å². The summed E-state index contributed by atoms with van der Waals surface area (Å²) in [6.07, 6.45) is 0. The summed E-state index contributed by atoms with van der Waals surface area (Å²) in [4.78, 5) is 12.8. The van der Waals surface area contributed by atoms with Gasteiger partial charge in [-0.25, -0.2) is 4.79 Å². The summed E-state index contributed by atoms with van der Waals surface area (Å²) in [6.45, 7) is 4.77. The Labute approximate surface area is 244 Å². The van der Waals surface area contributed by atoms with Gasteiger partial charge in [0.1, 0.15) is 35.5 Å². The van der Waals surface area contributed by atoms with Gasteiger partial charge in [-0.05, 0) is 61.4 Å². The third-order valence-corrected chi connectivity index (χ3v) is 6.82. The molecule has 0 amide bonds. The van der Waals surface area contributed by atoms with Crippen molar-refractivity contribution in [1.82, 2.24) is 0 Å². The lowest BCUT2D eigenvalue weighted by Crippen LogP contribution is -2.21. The van der Waals surface area contributed by atoms with Crippen LogP contribution in [0.5, 0.6) is 28.7 Å². The number of ether oxygens (including phenoxy) is 5. The lowest BCUT2D eigenvalue weighted by molar-refractivity contribution is 0.0734. The highest BCUT2D eigenvalue weighted by Crippen LogP contribution is 2.45. The molecule has 1 aliphatic rings. The van der Waals surface area contributed by atoms with Crippen LogP contribution in [0, 0.1) is 18.3 Å². The minimum atomic E-state index is -0.545. The van der Waals surface area contributed by atoms with Gasteiger partial charge in [0, 0.05) is 11.6 Å². The molecule has 0 fully saturated rings. The predicted octanol–water partition coefficient (Wildman–Crippen LogP) is 6.42. The highest BCUT2D eigenvalue weighted by atomic mass is 16.5. The minimum Gasteiger partial charge on any atom is -0.494 e. The van der Waals surface area contributed by atoms with Gasteiger partial charge in [-0.3, -0.25) is 0 Å². The lowest BCUT2D eigenvalue weighted by Gasteiger charge is -2.27. The van der Waals surface area contributed by atoms with Crippen LogP contribution >= 0.6 is 0 Å². The summed E-state index contributed by atoms with van der Waals surface area (Å²) < 4.78 is 28.6. The summed E-state index contributed by atoms with van der Waals surface area (Å²) in [5, 5.41) is 9.99. The first kappa shape index (κ1) is 28.1. The minimum absolute atomic E-state index is 0.0263. The molecule has 1 heterocycles. The van der Waals surface area contributed by atoms with E-state index in [0.29, 0.717) is 47.3 Å². The Kier molecular flexibility index (Phi) is 8.30. The Balaban J connectivity index is 1.41. The van der Waals surface area contributed by atoms with Gasteiger partial charge < -0.3 is 29.4 Å². The van der Waals surface area contributed by atoms with E-state index < -0.39 is 11.9 Å². The lowest BCUT2D eigenvalue weighted by atomic mass is 9.83. The van der Waals surface area contributed by atoms with Gasteiger partial charge in [-0.15, -0.1) is 0 Å². The highest BCUT2D eigenvalue weighted by molar-refractivity contribution is 5.91. The first-order valence-corrected chi connectivity index (χ1v) is 13.4. The van der Waals surface area contributed by atoms with Crippen molar-refractivity contribution in [1.29, 1.82) is 5.26 Å². The molecule has 1 atom stereocenters. The first-order valence-electron chi connectivity index (χ1n) is 13.4. The summed E-state index contributed by atoms with van der Waals surface area (Å²) in [7, 11) is 1.57. The first-order chi connectivity index (χ1) is 20.4. The number of carbonyl (C=O) groups excluding carboxylic acids is 1. The van der Waals surface area contributed by atoms with Crippen molar-refractivity contribution in [2.45, 2.75) is 26.4 Å². The third-order valence-electron chi connectivity index (χ3n) is 6.82. The van der Waals surface area contributed by atoms with E-state index in [2.05, 4.69) is 6.07 Å². The van der Waals surface area contributed by atoms with E-state index in [0.717, 1.165) is 11.1 Å². The van der Waals surface area contributed by atoms with Gasteiger partial charge in [-0.2, -0.15) is 5.26 Å². The summed E-state index contributed by atoms with van der Waals surface area (Å²) >= 11 is 0. The molecule has 4 aromatic rings. The smallest absolute Gasteiger partial charge is 0.343 e. The molecule has 0 aliphatic carbocycles. The molecule has 1 aliphatic heterocycles. The van der Waals surface area contributed by atoms with Crippen LogP contribution in [0.3, 0.4) is 0 Å². The van der Waals surface area contributed by atoms with Crippen LogP contribution < -0.4 is 29.4 Å². The molecular formula is C34H30N2O6. The molecule has 0 saturated heterocycles. The zero-order chi connectivity index (χ0) is 29.6. The second-order valence-electron chi connectivity index (χ2n) is 9.66. The number of aryl methyl sites for hydroxylation is 1. The maximum absolute atomic E-state index is 12.8. The van der Waals surface area contributed by atoms with Crippen molar-refractivity contribution < 1.29 is 28.5 Å². The Bertz CT molecular complexity index is 1690. The van der Waals surface area contributed by atoms with Crippen molar-refractivity contribution >= 4 is 5.97 Å². The number of nitriles is 1. The third kappa shape index (κ3) is 6.01. The molecule has 0 aromatic heterocycles. The van der Waals surface area contributed by atoms with E-state index in [4.69, 9.17) is 29.4 Å². The van der Waals surface area contributed by atoms with Crippen molar-refractivity contribution in [3.05, 3.63) is 124 Å². The average molecular weight is 563 g/mol. The summed E-state index contributed by atoms with van der Waals surface area (Å²) in [5.41, 5.74) is 10.5. The number of fused-ring (bicyclic) bond motifs is 1. The number of allylic oxidation sites excluding steroid dienone is 1. The highest BCUT2D eigenvalue weighted by Gasteiger charge is 2.32. The SMILES string of the molecule is CCOc1cccc(C(=O)Oc2ccc3c(c2)OC(N)=C(C#N)C3c2ccc(OCc3ccc(C)cc3)c(OC)c2)c1. The Hall–Kier alpha value is -5.42. The van der Waals surface area contributed by atoms with Gasteiger partial charge in [0.2, 0.25) is 5.88 Å². The van der Waals surface area contributed by atoms with Crippen molar-refractivity contribution in [2.24, 2.45) is 5.73 Å². The van der Waals surface area contributed by atoms with Crippen LogP contribution in [-0.2, 0) is 6.61 Å². The van der Waals surface area contributed by atoms with Gasteiger partial charge in [0.25, 0.3) is 0 Å². The molecule has 2 N–H and O–H groups in total. The second kappa shape index (κ2) is 12.4. The molecule has 5 rings (SSSR count). The average Bonchev–Trinajstić information content (AvgIpc) is 3.00. The fourth-order valence-electron chi connectivity index (χ4n) is 4.72. The molecule has 0 bridgehead atoms. The molecule has 8 heteroatoms. The second-order valence-corrected chi connectivity index (χ2v) is 9.66. The molecule has 4 aromatic carbocycles. The van der Waals surface area contributed by atoms with Crippen molar-refractivity contribution in [2.75, 3.05) is 13.7 Å². The van der Waals surface area contributed by atoms with E-state index in [1.54, 1.807) is 49.6 Å². The fourth-order valence-corrected chi connectivity index (χ4v) is 4.72. The molecular weight excluding hydrogens is 532 g/mol. The van der Waals surface area contributed by atoms with Gasteiger partial charge in [0.05, 0.1) is 25.2 Å². The topological polar surface area (TPSA) is 113 Å². The maximum Gasteiger partial charge on any atom is 0.343 e. The number of nitrogens with zero attached hydrogens (tertiary/aromatic N) is 1. The van der Waals surface area contributed by atoms with Crippen molar-refractivity contribution in [3.63, 3.8) is 0 Å². The molecule has 0 radical (unpaired) electrons. The molecule has 8 nitrogen and oxygen atoms in total. The van der Waals surface area contributed by atoms with Crippen molar-refractivity contribution in [3.8, 4) is 34.8 Å². The number of nitrogens with two attached hydrogens (primary N) is 1. The van der Waals surface area contributed by atoms with Crippen LogP contribution in [0.4, 0.5) is 0 Å². The predicted molar refractivity (Wildman–Crippen MR) is 157 cm³/mol. The Morgan fingerprint density at radius 2 is 1.76 bits per heavy atom. The summed E-state index contributed by atoms with van der Waals surface area (Å²) in [5.74, 6) is 1.20. The van der Waals surface area contributed by atoms with Crippen LogP contribution in [0.1, 0.15) is 45.5 Å². The molecule has 0 saturated carbocycles. The monoisotopic (exact) mass is 562 g/mol. The molecule has 42 heavy (non-hydrogen) atoms. The van der Waals surface area contributed by atoms with E-state index >= 15 is 0 Å². The zero-order valence-corrected chi connectivity index (χ0v) is 23.5. The largest absolute Gasteiger partial charge is 0.494 e. The number of esters is 1. The van der Waals surface area contributed by atoms with Crippen LogP contribution in [0.15, 0.2) is 96.4 Å². The van der Waals surface area contributed by atoms with Gasteiger partial charge >= 0.3 is 5.97 Å². The molecule has 0 spiro atoms. The zero-order valence-electron chi connectivity index (χ0n) is 23.5. The maximum atomic E-state index is 12.8. The van der Waals surface area contributed by atoms with Crippen LogP contribution in [-0.4, -0.2) is 19.7 Å².